The third-order valence-corrected chi connectivity index (χ3v) is 4.97. The van der Waals surface area contributed by atoms with Gasteiger partial charge in [0.1, 0.15) is 5.82 Å². The highest BCUT2D eigenvalue weighted by Crippen LogP contribution is 2.33. The van der Waals surface area contributed by atoms with Gasteiger partial charge in [-0.25, -0.2) is 4.98 Å². The molecule has 1 aliphatic heterocycles. The molecule has 124 valence electrons. The second kappa shape index (κ2) is 5.47. The first kappa shape index (κ1) is 14.9. The number of rotatable bonds is 2. The quantitative estimate of drug-likeness (QED) is 0.728. The summed E-state index contributed by atoms with van der Waals surface area (Å²) in [6.45, 7) is 2.76. The fourth-order valence-electron chi connectivity index (χ4n) is 3.59. The van der Waals surface area contributed by atoms with Crippen LogP contribution in [0.2, 0.25) is 0 Å². The van der Waals surface area contributed by atoms with Gasteiger partial charge in [-0.15, -0.1) is 0 Å². The van der Waals surface area contributed by atoms with Crippen molar-refractivity contribution in [3.63, 3.8) is 0 Å². The van der Waals surface area contributed by atoms with Gasteiger partial charge in [-0.05, 0) is 38.0 Å². The third-order valence-electron chi connectivity index (χ3n) is 4.97. The van der Waals surface area contributed by atoms with Gasteiger partial charge in [0.2, 0.25) is 0 Å². The highest BCUT2D eigenvalue weighted by atomic mass is 16.2. The SMILES string of the molecule is Cc1nc2cc(C(=O)N3CCC[C@H]3c3cnn(C)c3)ccc2n1C. The van der Waals surface area contributed by atoms with Crippen LogP contribution in [0, 0.1) is 6.92 Å². The van der Waals surface area contributed by atoms with E-state index in [9.17, 15) is 4.79 Å². The summed E-state index contributed by atoms with van der Waals surface area (Å²) in [4.78, 5) is 19.5. The number of carbonyl (C=O) groups excluding carboxylic acids is 1. The molecule has 0 bridgehead atoms. The van der Waals surface area contributed by atoms with Gasteiger partial charge in [0.25, 0.3) is 5.91 Å². The molecule has 3 heterocycles. The summed E-state index contributed by atoms with van der Waals surface area (Å²) in [5, 5.41) is 4.25. The maximum Gasteiger partial charge on any atom is 0.254 e. The molecule has 6 nitrogen and oxygen atoms in total. The van der Waals surface area contributed by atoms with E-state index in [1.807, 2.05) is 61.1 Å². The Hall–Kier alpha value is -2.63. The zero-order chi connectivity index (χ0) is 16.8. The fourth-order valence-corrected chi connectivity index (χ4v) is 3.59. The standard InChI is InChI=1S/C18H21N5O/c1-12-20-15-9-13(6-7-17(15)22(12)3)18(24)23-8-4-5-16(23)14-10-19-21(2)11-14/h6-7,9-11,16H,4-5,8H2,1-3H3/t16-/m0/s1. The van der Waals surface area contributed by atoms with E-state index in [0.29, 0.717) is 5.56 Å². The summed E-state index contributed by atoms with van der Waals surface area (Å²) in [6, 6.07) is 5.91. The van der Waals surface area contributed by atoms with Crippen LogP contribution in [0.4, 0.5) is 0 Å². The molecule has 6 heteroatoms. The lowest BCUT2D eigenvalue weighted by Crippen LogP contribution is -2.30. The first-order chi connectivity index (χ1) is 11.5. The Kier molecular flexibility index (Phi) is 3.40. The summed E-state index contributed by atoms with van der Waals surface area (Å²) < 4.78 is 3.83. The van der Waals surface area contributed by atoms with Crippen LogP contribution in [-0.4, -0.2) is 36.7 Å². The molecule has 0 N–H and O–H groups in total. The summed E-state index contributed by atoms with van der Waals surface area (Å²) in [5.41, 5.74) is 3.74. The van der Waals surface area contributed by atoms with Crippen molar-refractivity contribution in [3.8, 4) is 0 Å². The average molecular weight is 323 g/mol. The van der Waals surface area contributed by atoms with Crippen LogP contribution in [0.1, 0.15) is 40.6 Å². The van der Waals surface area contributed by atoms with E-state index in [2.05, 4.69) is 10.1 Å². The lowest BCUT2D eigenvalue weighted by atomic mass is 10.1. The van der Waals surface area contributed by atoms with E-state index in [4.69, 9.17) is 0 Å². The van der Waals surface area contributed by atoms with Crippen LogP contribution in [0.3, 0.4) is 0 Å². The molecule has 2 aromatic heterocycles. The lowest BCUT2D eigenvalue weighted by Gasteiger charge is -2.24. The van der Waals surface area contributed by atoms with Crippen molar-refractivity contribution in [2.45, 2.75) is 25.8 Å². The van der Waals surface area contributed by atoms with Crippen LogP contribution in [0.25, 0.3) is 11.0 Å². The lowest BCUT2D eigenvalue weighted by molar-refractivity contribution is 0.0736. The van der Waals surface area contributed by atoms with E-state index < -0.39 is 0 Å². The van der Waals surface area contributed by atoms with Gasteiger partial charge < -0.3 is 9.47 Å². The van der Waals surface area contributed by atoms with Crippen molar-refractivity contribution in [1.82, 2.24) is 24.2 Å². The molecule has 1 atom stereocenters. The van der Waals surface area contributed by atoms with Crippen molar-refractivity contribution < 1.29 is 4.79 Å². The normalized spacial score (nSPS) is 17.8. The maximum atomic E-state index is 13.0. The van der Waals surface area contributed by atoms with Crippen molar-refractivity contribution in [2.75, 3.05) is 6.54 Å². The summed E-state index contributed by atoms with van der Waals surface area (Å²) in [7, 11) is 3.90. The molecule has 0 aliphatic carbocycles. The Bertz CT molecular complexity index is 923. The van der Waals surface area contributed by atoms with E-state index in [-0.39, 0.29) is 11.9 Å². The van der Waals surface area contributed by atoms with Crippen LogP contribution >= 0.6 is 0 Å². The molecule has 1 aliphatic rings. The van der Waals surface area contributed by atoms with Gasteiger partial charge >= 0.3 is 0 Å². The Morgan fingerprint density at radius 1 is 1.29 bits per heavy atom. The minimum absolute atomic E-state index is 0.0755. The number of amides is 1. The number of likely N-dealkylation sites (tertiary alicyclic amines) is 1. The van der Waals surface area contributed by atoms with E-state index in [0.717, 1.165) is 41.8 Å². The van der Waals surface area contributed by atoms with Gasteiger partial charge in [-0.3, -0.25) is 9.48 Å². The van der Waals surface area contributed by atoms with Gasteiger partial charge in [-0.1, -0.05) is 0 Å². The molecule has 3 aromatic rings. The second-order valence-electron chi connectivity index (χ2n) is 6.53. The van der Waals surface area contributed by atoms with Gasteiger partial charge in [-0.2, -0.15) is 5.10 Å². The Balaban J connectivity index is 1.67. The molecule has 0 unspecified atom stereocenters. The minimum Gasteiger partial charge on any atom is -0.331 e. The number of imidazole rings is 1. The molecular formula is C18H21N5O. The first-order valence-electron chi connectivity index (χ1n) is 8.27. The smallest absolute Gasteiger partial charge is 0.254 e. The fraction of sp³-hybridized carbons (Fsp3) is 0.389. The van der Waals surface area contributed by atoms with Crippen LogP contribution < -0.4 is 0 Å². The van der Waals surface area contributed by atoms with Crippen LogP contribution in [-0.2, 0) is 14.1 Å². The predicted octanol–water partition coefficient (Wildman–Crippen LogP) is 2.59. The topological polar surface area (TPSA) is 56.0 Å². The Morgan fingerprint density at radius 2 is 2.12 bits per heavy atom. The average Bonchev–Trinajstić information content (AvgIpc) is 3.27. The highest BCUT2D eigenvalue weighted by molar-refractivity contribution is 5.97. The van der Waals surface area contributed by atoms with Crippen molar-refractivity contribution in [2.24, 2.45) is 14.1 Å². The number of carbonyl (C=O) groups is 1. The predicted molar refractivity (Wildman–Crippen MR) is 91.7 cm³/mol. The van der Waals surface area contributed by atoms with Crippen LogP contribution in [0.5, 0.6) is 0 Å². The van der Waals surface area contributed by atoms with E-state index in [1.165, 1.54) is 0 Å². The largest absolute Gasteiger partial charge is 0.331 e. The minimum atomic E-state index is 0.0755. The third kappa shape index (κ3) is 2.29. The van der Waals surface area contributed by atoms with Crippen molar-refractivity contribution >= 4 is 16.9 Å². The number of hydrogen-bond donors (Lipinski definition) is 0. The van der Waals surface area contributed by atoms with Gasteiger partial charge in [0, 0.05) is 38.0 Å². The van der Waals surface area contributed by atoms with Crippen molar-refractivity contribution in [3.05, 3.63) is 47.5 Å². The second-order valence-corrected chi connectivity index (χ2v) is 6.53. The number of fused-ring (bicyclic) bond motifs is 1. The number of aromatic nitrogens is 4. The molecule has 0 saturated carbocycles. The Morgan fingerprint density at radius 3 is 2.88 bits per heavy atom. The summed E-state index contributed by atoms with van der Waals surface area (Å²) in [5.74, 6) is 1.02. The molecule has 0 radical (unpaired) electrons. The molecular weight excluding hydrogens is 302 g/mol. The maximum absolute atomic E-state index is 13.0. The molecule has 1 amide bonds. The number of benzene rings is 1. The summed E-state index contributed by atoms with van der Waals surface area (Å²) >= 11 is 0. The van der Waals surface area contributed by atoms with Crippen molar-refractivity contribution in [1.29, 1.82) is 0 Å². The first-order valence-corrected chi connectivity index (χ1v) is 8.27. The van der Waals surface area contributed by atoms with Crippen LogP contribution in [0.15, 0.2) is 30.6 Å². The van der Waals surface area contributed by atoms with E-state index >= 15 is 0 Å². The monoisotopic (exact) mass is 323 g/mol. The molecule has 24 heavy (non-hydrogen) atoms. The highest BCUT2D eigenvalue weighted by Gasteiger charge is 2.31. The van der Waals surface area contributed by atoms with E-state index in [1.54, 1.807) is 4.68 Å². The molecule has 4 rings (SSSR count). The molecule has 1 saturated heterocycles. The number of aryl methyl sites for hydroxylation is 3. The Labute approximate surface area is 140 Å². The van der Waals surface area contributed by atoms with Gasteiger partial charge in [0.15, 0.2) is 0 Å². The van der Waals surface area contributed by atoms with Gasteiger partial charge in [0.05, 0.1) is 23.3 Å². The zero-order valence-corrected chi connectivity index (χ0v) is 14.2. The molecule has 1 aromatic carbocycles. The summed E-state index contributed by atoms with van der Waals surface area (Å²) in [6.07, 6.45) is 5.88. The number of nitrogens with zero attached hydrogens (tertiary/aromatic N) is 5. The molecule has 0 spiro atoms. The zero-order valence-electron chi connectivity index (χ0n) is 14.2. The number of hydrogen-bond acceptors (Lipinski definition) is 3. The molecule has 1 fully saturated rings.